The Balaban J connectivity index is 2.30. The third kappa shape index (κ3) is 6.12. The average molecular weight is 281 g/mol. The van der Waals surface area contributed by atoms with Crippen LogP contribution in [0.5, 0.6) is 0 Å². The molecular formula is C15H24FN3O. The van der Waals surface area contributed by atoms with Gasteiger partial charge in [0.05, 0.1) is 6.54 Å². The van der Waals surface area contributed by atoms with Crippen LogP contribution in [-0.4, -0.2) is 43.0 Å². The van der Waals surface area contributed by atoms with E-state index in [2.05, 4.69) is 36.3 Å². The lowest BCUT2D eigenvalue weighted by Crippen LogP contribution is -2.42. The molecule has 112 valence electrons. The number of nitrogens with one attached hydrogen (secondary N) is 2. The van der Waals surface area contributed by atoms with Gasteiger partial charge in [-0.1, -0.05) is 13.8 Å². The van der Waals surface area contributed by atoms with Gasteiger partial charge in [0, 0.05) is 18.3 Å². The monoisotopic (exact) mass is 281 g/mol. The number of anilines is 1. The topological polar surface area (TPSA) is 44.4 Å². The second-order valence-electron chi connectivity index (χ2n) is 4.82. The lowest BCUT2D eigenvalue weighted by atomic mass is 10.3. The number of likely N-dealkylation sites (N-methyl/N-ethyl adjacent to an activating group) is 1. The average Bonchev–Trinajstić information content (AvgIpc) is 2.45. The molecule has 1 atom stereocenters. The van der Waals surface area contributed by atoms with E-state index in [-0.39, 0.29) is 24.3 Å². The molecule has 4 nitrogen and oxygen atoms in total. The van der Waals surface area contributed by atoms with E-state index in [1.54, 1.807) is 12.1 Å². The van der Waals surface area contributed by atoms with Gasteiger partial charge >= 0.3 is 0 Å². The molecule has 1 aromatic rings. The van der Waals surface area contributed by atoms with Gasteiger partial charge in [-0.15, -0.1) is 0 Å². The Hall–Kier alpha value is -1.46. The Morgan fingerprint density at radius 1 is 1.25 bits per heavy atom. The number of hydrogen-bond acceptors (Lipinski definition) is 3. The Bertz CT molecular complexity index is 404. The zero-order valence-electron chi connectivity index (χ0n) is 12.4. The van der Waals surface area contributed by atoms with Crippen LogP contribution in [0.15, 0.2) is 24.3 Å². The first-order valence-electron chi connectivity index (χ1n) is 7.06. The molecule has 0 bridgehead atoms. The van der Waals surface area contributed by atoms with Gasteiger partial charge in [0.2, 0.25) is 5.91 Å². The van der Waals surface area contributed by atoms with Crippen LogP contribution in [-0.2, 0) is 4.79 Å². The van der Waals surface area contributed by atoms with Crippen LogP contribution in [0.25, 0.3) is 0 Å². The number of carbonyl (C=O) groups is 1. The predicted octanol–water partition coefficient (Wildman–Crippen LogP) is 2.08. The maximum Gasteiger partial charge on any atom is 0.238 e. The Morgan fingerprint density at radius 3 is 2.40 bits per heavy atom. The van der Waals surface area contributed by atoms with Crippen molar-refractivity contribution in [3.8, 4) is 0 Å². The second kappa shape index (κ2) is 8.66. The van der Waals surface area contributed by atoms with Gasteiger partial charge in [0.25, 0.3) is 0 Å². The summed E-state index contributed by atoms with van der Waals surface area (Å²) in [6, 6.07) is 5.99. The summed E-state index contributed by atoms with van der Waals surface area (Å²) in [5.41, 5.74) is 0.606. The molecule has 5 heteroatoms. The fraction of sp³-hybridized carbons (Fsp3) is 0.533. The molecular weight excluding hydrogens is 257 g/mol. The van der Waals surface area contributed by atoms with Crippen LogP contribution < -0.4 is 10.6 Å². The highest BCUT2D eigenvalue weighted by atomic mass is 19.1. The van der Waals surface area contributed by atoms with Crippen molar-refractivity contribution in [3.05, 3.63) is 30.1 Å². The summed E-state index contributed by atoms with van der Waals surface area (Å²) in [6.07, 6.45) is 0. The number of amides is 1. The van der Waals surface area contributed by atoms with E-state index in [0.717, 1.165) is 19.6 Å². The summed E-state index contributed by atoms with van der Waals surface area (Å²) in [7, 11) is 0. The van der Waals surface area contributed by atoms with E-state index in [1.807, 2.05) is 0 Å². The van der Waals surface area contributed by atoms with Crippen molar-refractivity contribution in [2.75, 3.05) is 31.5 Å². The summed E-state index contributed by atoms with van der Waals surface area (Å²) in [5, 5.41) is 5.91. The van der Waals surface area contributed by atoms with Gasteiger partial charge < -0.3 is 15.5 Å². The summed E-state index contributed by atoms with van der Waals surface area (Å²) in [6.45, 7) is 9.48. The number of halogens is 1. The van der Waals surface area contributed by atoms with Gasteiger partial charge in [-0.25, -0.2) is 4.39 Å². The van der Waals surface area contributed by atoms with Gasteiger partial charge in [-0.2, -0.15) is 0 Å². The fourth-order valence-corrected chi connectivity index (χ4v) is 1.94. The molecule has 0 aliphatic rings. The summed E-state index contributed by atoms with van der Waals surface area (Å²) in [4.78, 5) is 14.0. The smallest absolute Gasteiger partial charge is 0.238 e. The molecule has 1 aromatic carbocycles. The van der Waals surface area contributed by atoms with Crippen LogP contribution in [0.3, 0.4) is 0 Å². The molecule has 0 spiro atoms. The zero-order chi connectivity index (χ0) is 15.0. The summed E-state index contributed by atoms with van der Waals surface area (Å²) in [5.74, 6) is -0.433. The zero-order valence-corrected chi connectivity index (χ0v) is 12.4. The highest BCUT2D eigenvalue weighted by molar-refractivity contribution is 5.92. The van der Waals surface area contributed by atoms with Crippen molar-refractivity contribution >= 4 is 11.6 Å². The molecule has 1 rings (SSSR count). The summed E-state index contributed by atoms with van der Waals surface area (Å²) >= 11 is 0. The maximum absolute atomic E-state index is 12.7. The van der Waals surface area contributed by atoms with Crippen molar-refractivity contribution in [2.45, 2.75) is 26.8 Å². The van der Waals surface area contributed by atoms with Crippen LogP contribution in [0.2, 0.25) is 0 Å². The third-order valence-corrected chi connectivity index (χ3v) is 3.17. The van der Waals surface area contributed by atoms with Gasteiger partial charge in [0.1, 0.15) is 5.82 Å². The normalized spacial score (nSPS) is 12.4. The molecule has 0 aliphatic carbocycles. The van der Waals surface area contributed by atoms with E-state index in [1.165, 1.54) is 12.1 Å². The number of benzene rings is 1. The molecule has 0 saturated heterocycles. The molecule has 20 heavy (non-hydrogen) atoms. The van der Waals surface area contributed by atoms with E-state index >= 15 is 0 Å². The number of carbonyl (C=O) groups excluding carboxylic acids is 1. The van der Waals surface area contributed by atoms with Crippen molar-refractivity contribution in [1.82, 2.24) is 10.2 Å². The van der Waals surface area contributed by atoms with Crippen LogP contribution in [0.4, 0.5) is 10.1 Å². The highest BCUT2D eigenvalue weighted by Gasteiger charge is 2.09. The minimum absolute atomic E-state index is 0.122. The quantitative estimate of drug-likeness (QED) is 0.767. The predicted molar refractivity (Wildman–Crippen MR) is 80.3 cm³/mol. The van der Waals surface area contributed by atoms with Gasteiger partial charge in [0.15, 0.2) is 0 Å². The fourth-order valence-electron chi connectivity index (χ4n) is 1.94. The Labute approximate surface area is 120 Å². The lowest BCUT2D eigenvalue weighted by Gasteiger charge is -2.23. The molecule has 0 heterocycles. The molecule has 1 unspecified atom stereocenters. The maximum atomic E-state index is 12.7. The standard InChI is InChI=1S/C15H24FN3O/c1-4-19(5-2)11-12(3)17-10-15(20)18-14-8-6-13(16)7-9-14/h6-9,12,17H,4-5,10-11H2,1-3H3,(H,18,20). The molecule has 0 saturated carbocycles. The molecule has 0 fully saturated rings. The van der Waals surface area contributed by atoms with Crippen LogP contribution in [0, 0.1) is 5.82 Å². The van der Waals surface area contributed by atoms with Crippen LogP contribution in [0.1, 0.15) is 20.8 Å². The van der Waals surface area contributed by atoms with Crippen LogP contribution >= 0.6 is 0 Å². The highest BCUT2D eigenvalue weighted by Crippen LogP contribution is 2.07. The number of hydrogen-bond donors (Lipinski definition) is 2. The molecule has 0 aromatic heterocycles. The van der Waals surface area contributed by atoms with E-state index in [0.29, 0.717) is 5.69 Å². The third-order valence-electron chi connectivity index (χ3n) is 3.17. The Kier molecular flexibility index (Phi) is 7.18. The largest absolute Gasteiger partial charge is 0.325 e. The van der Waals surface area contributed by atoms with Gasteiger partial charge in [-0.3, -0.25) is 4.79 Å². The number of rotatable bonds is 8. The lowest BCUT2D eigenvalue weighted by molar-refractivity contribution is -0.115. The summed E-state index contributed by atoms with van der Waals surface area (Å²) < 4.78 is 12.7. The first-order valence-corrected chi connectivity index (χ1v) is 7.06. The first-order chi connectivity index (χ1) is 9.55. The molecule has 0 aliphatic heterocycles. The molecule has 0 radical (unpaired) electrons. The van der Waals surface area contributed by atoms with Crippen molar-refractivity contribution < 1.29 is 9.18 Å². The minimum Gasteiger partial charge on any atom is -0.325 e. The van der Waals surface area contributed by atoms with Gasteiger partial charge in [-0.05, 0) is 44.3 Å². The minimum atomic E-state index is -0.311. The van der Waals surface area contributed by atoms with E-state index < -0.39 is 0 Å². The number of nitrogens with zero attached hydrogens (tertiary/aromatic N) is 1. The Morgan fingerprint density at radius 2 is 1.85 bits per heavy atom. The van der Waals surface area contributed by atoms with Crippen molar-refractivity contribution in [2.24, 2.45) is 0 Å². The SMILES string of the molecule is CCN(CC)CC(C)NCC(=O)Nc1ccc(F)cc1. The first kappa shape index (κ1) is 16.6. The molecule has 1 amide bonds. The molecule has 2 N–H and O–H groups in total. The van der Waals surface area contributed by atoms with Crippen molar-refractivity contribution in [1.29, 1.82) is 0 Å². The second-order valence-corrected chi connectivity index (χ2v) is 4.82. The van der Waals surface area contributed by atoms with Crippen molar-refractivity contribution in [3.63, 3.8) is 0 Å². The van der Waals surface area contributed by atoms with E-state index in [9.17, 15) is 9.18 Å². The van der Waals surface area contributed by atoms with E-state index in [4.69, 9.17) is 0 Å².